The number of amides is 2. The zero-order valence-corrected chi connectivity index (χ0v) is 17.9. The molecule has 1 atom stereocenters. The van der Waals surface area contributed by atoms with Crippen molar-refractivity contribution in [2.45, 2.75) is 19.3 Å². The van der Waals surface area contributed by atoms with Gasteiger partial charge in [-0.1, -0.05) is 0 Å². The van der Waals surface area contributed by atoms with Crippen LogP contribution in [-0.2, 0) is 9.53 Å². The minimum Gasteiger partial charge on any atom is -0.493 e. The predicted molar refractivity (Wildman–Crippen MR) is 114 cm³/mol. The number of aromatic nitrogens is 2. The number of benzene rings is 1. The Morgan fingerprint density at radius 1 is 1.06 bits per heavy atom. The molecular weight excluding hydrogens is 415 g/mol. The summed E-state index contributed by atoms with van der Waals surface area (Å²) in [6.07, 6.45) is 6.15. The van der Waals surface area contributed by atoms with Gasteiger partial charge in [-0.2, -0.15) is 0 Å². The lowest BCUT2D eigenvalue weighted by atomic mass is 9.77. The molecule has 1 aromatic heterocycles. The summed E-state index contributed by atoms with van der Waals surface area (Å²) in [7, 11) is 0. The maximum absolute atomic E-state index is 13.3. The van der Waals surface area contributed by atoms with Crippen molar-refractivity contribution in [3.63, 3.8) is 0 Å². The molecule has 0 aliphatic carbocycles. The van der Waals surface area contributed by atoms with Crippen molar-refractivity contribution in [2.75, 3.05) is 46.0 Å². The quantitative estimate of drug-likeness (QED) is 0.682. The molecule has 32 heavy (non-hydrogen) atoms. The number of morpholine rings is 1. The second-order valence-electron chi connectivity index (χ2n) is 8.37. The van der Waals surface area contributed by atoms with Crippen molar-refractivity contribution in [1.82, 2.24) is 19.8 Å². The maximum atomic E-state index is 13.3. The molecule has 4 rings (SSSR count). The molecule has 8 nitrogen and oxygen atoms in total. The number of hydrogen-bond acceptors (Lipinski definition) is 6. The zero-order valence-electron chi connectivity index (χ0n) is 17.9. The zero-order chi connectivity index (χ0) is 22.4. The molecule has 2 fully saturated rings. The largest absolute Gasteiger partial charge is 0.493 e. The summed E-state index contributed by atoms with van der Waals surface area (Å²) in [6.45, 7) is 3.43. The molecule has 0 bridgehead atoms. The first-order valence-electron chi connectivity index (χ1n) is 10.8. The molecule has 2 saturated heterocycles. The van der Waals surface area contributed by atoms with Gasteiger partial charge in [-0.05, 0) is 37.1 Å². The third-order valence-electron chi connectivity index (χ3n) is 6.00. The first-order chi connectivity index (χ1) is 15.5. The van der Waals surface area contributed by atoms with E-state index in [0.717, 1.165) is 12.8 Å². The van der Waals surface area contributed by atoms with Gasteiger partial charge >= 0.3 is 0 Å². The molecule has 9 heteroatoms. The number of rotatable bonds is 6. The van der Waals surface area contributed by atoms with Crippen LogP contribution in [0, 0.1) is 11.2 Å². The second kappa shape index (κ2) is 10.0. The fourth-order valence-corrected chi connectivity index (χ4v) is 4.30. The molecule has 2 amide bonds. The summed E-state index contributed by atoms with van der Waals surface area (Å²) in [4.78, 5) is 37.6. The first-order valence-corrected chi connectivity index (χ1v) is 10.8. The summed E-state index contributed by atoms with van der Waals surface area (Å²) in [5.74, 6) is 0.0715. The molecule has 1 aromatic carbocycles. The molecule has 2 aliphatic heterocycles. The average Bonchev–Trinajstić information content (AvgIpc) is 2.84. The molecule has 0 N–H and O–H groups in total. The van der Waals surface area contributed by atoms with Gasteiger partial charge in [0.15, 0.2) is 0 Å². The van der Waals surface area contributed by atoms with E-state index in [1.807, 2.05) is 4.90 Å². The molecule has 0 radical (unpaired) electrons. The maximum Gasteiger partial charge on any atom is 0.257 e. The summed E-state index contributed by atoms with van der Waals surface area (Å²) < 4.78 is 24.6. The number of ether oxygens (including phenoxy) is 2. The number of likely N-dealkylation sites (tertiary alicyclic amines) is 1. The Balaban J connectivity index is 1.52. The van der Waals surface area contributed by atoms with Crippen LogP contribution in [0.2, 0.25) is 0 Å². The lowest BCUT2D eigenvalue weighted by molar-refractivity contribution is -0.139. The van der Waals surface area contributed by atoms with Crippen molar-refractivity contribution in [2.24, 2.45) is 5.41 Å². The van der Waals surface area contributed by atoms with Gasteiger partial charge in [-0.25, -0.2) is 14.4 Å². The van der Waals surface area contributed by atoms with Crippen LogP contribution in [-0.4, -0.2) is 77.6 Å². The Morgan fingerprint density at radius 2 is 1.78 bits per heavy atom. The molecule has 3 heterocycles. The van der Waals surface area contributed by atoms with Crippen molar-refractivity contribution in [3.05, 3.63) is 54.4 Å². The van der Waals surface area contributed by atoms with Gasteiger partial charge in [0.05, 0.1) is 25.4 Å². The van der Waals surface area contributed by atoms with E-state index in [2.05, 4.69) is 9.97 Å². The van der Waals surface area contributed by atoms with E-state index in [1.54, 1.807) is 17.0 Å². The van der Waals surface area contributed by atoms with Gasteiger partial charge in [0.25, 0.3) is 5.91 Å². The highest BCUT2D eigenvalue weighted by molar-refractivity contribution is 5.93. The van der Waals surface area contributed by atoms with Gasteiger partial charge < -0.3 is 19.3 Å². The van der Waals surface area contributed by atoms with Crippen molar-refractivity contribution >= 4 is 11.8 Å². The predicted octanol–water partition coefficient (Wildman–Crippen LogP) is 2.17. The van der Waals surface area contributed by atoms with Gasteiger partial charge in [0.1, 0.15) is 17.9 Å². The van der Waals surface area contributed by atoms with Gasteiger partial charge in [-0.15, -0.1) is 0 Å². The normalized spacial score (nSPS) is 21.3. The molecule has 2 aliphatic rings. The smallest absolute Gasteiger partial charge is 0.257 e. The van der Waals surface area contributed by atoms with Crippen molar-refractivity contribution < 1.29 is 23.5 Å². The fraction of sp³-hybridized carbons (Fsp3) is 0.478. The highest BCUT2D eigenvalue weighted by Crippen LogP contribution is 2.36. The van der Waals surface area contributed by atoms with Crippen LogP contribution >= 0.6 is 0 Å². The topological polar surface area (TPSA) is 84.9 Å². The van der Waals surface area contributed by atoms with Crippen LogP contribution in [0.5, 0.6) is 5.75 Å². The number of carbonyl (C=O) groups is 2. The Bertz CT molecular complexity index is 921. The average molecular weight is 442 g/mol. The van der Waals surface area contributed by atoms with Gasteiger partial charge in [0, 0.05) is 50.4 Å². The van der Waals surface area contributed by atoms with Crippen molar-refractivity contribution in [1.29, 1.82) is 0 Å². The standard InChI is InChI=1S/C23H27FN4O4/c24-19-2-4-20(5-3-19)32-16-23(12-21(29)27-8-10-31-11-9-27)6-1-7-28(15-23)22(30)18-13-25-17-26-14-18/h2-5,13-14,17H,1,6-12,15-16H2/t23-/m0/s1. The van der Waals surface area contributed by atoms with E-state index in [0.29, 0.717) is 50.7 Å². The van der Waals surface area contributed by atoms with E-state index in [1.165, 1.54) is 30.9 Å². The highest BCUT2D eigenvalue weighted by atomic mass is 19.1. The molecular formula is C23H27FN4O4. The summed E-state index contributed by atoms with van der Waals surface area (Å²) in [5, 5.41) is 0. The molecule has 2 aromatic rings. The molecule has 0 unspecified atom stereocenters. The van der Waals surface area contributed by atoms with Crippen LogP contribution < -0.4 is 4.74 Å². The third-order valence-corrected chi connectivity index (χ3v) is 6.00. The van der Waals surface area contributed by atoms with Gasteiger partial charge in [-0.3, -0.25) is 9.59 Å². The van der Waals surface area contributed by atoms with E-state index in [-0.39, 0.29) is 30.7 Å². The fourth-order valence-electron chi connectivity index (χ4n) is 4.30. The SMILES string of the molecule is O=C(C[C@@]1(COc2ccc(F)cc2)CCCN(C(=O)c2cncnc2)C1)N1CCOCC1. The van der Waals surface area contributed by atoms with E-state index >= 15 is 0 Å². The highest BCUT2D eigenvalue weighted by Gasteiger charge is 2.41. The Labute approximate surface area is 186 Å². The van der Waals surface area contributed by atoms with Crippen molar-refractivity contribution in [3.8, 4) is 5.75 Å². The minimum absolute atomic E-state index is 0.0355. The summed E-state index contributed by atoms with van der Waals surface area (Å²) >= 11 is 0. The monoisotopic (exact) mass is 442 g/mol. The Morgan fingerprint density at radius 3 is 2.50 bits per heavy atom. The van der Waals surface area contributed by atoms with E-state index in [9.17, 15) is 14.0 Å². The minimum atomic E-state index is -0.548. The Kier molecular flexibility index (Phi) is 6.94. The number of nitrogens with zero attached hydrogens (tertiary/aromatic N) is 4. The number of halogens is 1. The lowest BCUT2D eigenvalue weighted by Crippen LogP contribution is -2.52. The third kappa shape index (κ3) is 5.40. The van der Waals surface area contributed by atoms with Crippen LogP contribution in [0.4, 0.5) is 4.39 Å². The first kappa shape index (κ1) is 22.1. The Hall–Kier alpha value is -3.07. The van der Waals surface area contributed by atoms with Crippen LogP contribution in [0.1, 0.15) is 29.6 Å². The molecule has 0 spiro atoms. The summed E-state index contributed by atoms with van der Waals surface area (Å²) in [5.41, 5.74) is -0.130. The van der Waals surface area contributed by atoms with E-state index < -0.39 is 5.41 Å². The van der Waals surface area contributed by atoms with Crippen LogP contribution in [0.15, 0.2) is 43.0 Å². The second-order valence-corrected chi connectivity index (χ2v) is 8.37. The van der Waals surface area contributed by atoms with Gasteiger partial charge in [0.2, 0.25) is 5.91 Å². The number of piperidine rings is 1. The molecule has 0 saturated carbocycles. The summed E-state index contributed by atoms with van der Waals surface area (Å²) in [6, 6.07) is 5.82. The molecule has 170 valence electrons. The number of carbonyl (C=O) groups excluding carboxylic acids is 2. The van der Waals surface area contributed by atoms with Crippen LogP contribution in [0.3, 0.4) is 0 Å². The number of hydrogen-bond donors (Lipinski definition) is 0. The van der Waals surface area contributed by atoms with E-state index in [4.69, 9.17) is 9.47 Å². The van der Waals surface area contributed by atoms with Crippen LogP contribution in [0.25, 0.3) is 0 Å². The lowest BCUT2D eigenvalue weighted by Gasteiger charge is -2.43.